The Morgan fingerprint density at radius 1 is 1.32 bits per heavy atom. The average Bonchev–Trinajstić information content (AvgIpc) is 2.89. The second kappa shape index (κ2) is 6.32. The van der Waals surface area contributed by atoms with Crippen LogP contribution in [0.3, 0.4) is 0 Å². The number of thiol groups is 1. The zero-order valence-corrected chi connectivity index (χ0v) is 12.2. The molecule has 0 radical (unpaired) electrons. The summed E-state index contributed by atoms with van der Waals surface area (Å²) in [4.78, 5) is 11.7. The predicted molar refractivity (Wildman–Crippen MR) is 80.2 cm³/mol. The van der Waals surface area contributed by atoms with E-state index in [1.165, 1.54) is 0 Å². The summed E-state index contributed by atoms with van der Waals surface area (Å²) in [6, 6.07) is 6.84. The number of carbonyl (C=O) groups excluding carboxylic acids is 1. The van der Waals surface area contributed by atoms with Crippen LogP contribution in [0.4, 0.5) is 0 Å². The molecule has 1 heterocycles. The molecule has 0 spiro atoms. The molecule has 100 valence electrons. The van der Waals surface area contributed by atoms with Gasteiger partial charge in [0.2, 0.25) is 0 Å². The van der Waals surface area contributed by atoms with Crippen molar-refractivity contribution in [3.05, 3.63) is 40.0 Å². The lowest BCUT2D eigenvalue weighted by atomic mass is 10.1. The molecule has 1 aromatic carbocycles. The van der Waals surface area contributed by atoms with Crippen molar-refractivity contribution in [2.75, 3.05) is 12.3 Å². The molecular formula is C12H11Cl2N3OS. The number of aromatic nitrogens is 2. The smallest absolute Gasteiger partial charge is 0.269 e. The number of nitrogens with zero attached hydrogens (tertiary/aromatic N) is 1. The van der Waals surface area contributed by atoms with Crippen molar-refractivity contribution < 1.29 is 4.79 Å². The largest absolute Gasteiger partial charge is 0.350 e. The number of H-pyrrole nitrogens is 1. The van der Waals surface area contributed by atoms with Gasteiger partial charge in [-0.05, 0) is 18.2 Å². The molecule has 0 fully saturated rings. The summed E-state index contributed by atoms with van der Waals surface area (Å²) in [5, 5.41) is 10.4. The molecule has 2 N–H and O–H groups in total. The maximum absolute atomic E-state index is 11.7. The molecule has 0 atom stereocenters. The summed E-state index contributed by atoms with van der Waals surface area (Å²) in [7, 11) is 0. The van der Waals surface area contributed by atoms with Crippen molar-refractivity contribution in [1.29, 1.82) is 0 Å². The standard InChI is InChI=1S/C12H11Cl2N3OS/c13-8-2-1-7(5-9(8)14)10-6-11(17-16-10)12(18)15-3-4-19/h1-2,5-6,19H,3-4H2,(H,15,18)(H,16,17). The zero-order chi connectivity index (χ0) is 13.8. The first-order chi connectivity index (χ1) is 9.11. The molecule has 2 aromatic rings. The summed E-state index contributed by atoms with van der Waals surface area (Å²) >= 11 is 15.8. The molecule has 1 aromatic heterocycles. The monoisotopic (exact) mass is 315 g/mol. The first-order valence-corrected chi connectivity index (χ1v) is 6.90. The van der Waals surface area contributed by atoms with Gasteiger partial charge >= 0.3 is 0 Å². The van der Waals surface area contributed by atoms with E-state index in [9.17, 15) is 4.79 Å². The number of nitrogens with one attached hydrogen (secondary N) is 2. The molecule has 19 heavy (non-hydrogen) atoms. The number of rotatable bonds is 4. The summed E-state index contributed by atoms with van der Waals surface area (Å²) in [6.45, 7) is 0.503. The number of carbonyl (C=O) groups is 1. The molecule has 0 aliphatic heterocycles. The van der Waals surface area contributed by atoms with Gasteiger partial charge in [0, 0.05) is 17.9 Å². The summed E-state index contributed by atoms with van der Waals surface area (Å²) < 4.78 is 0. The van der Waals surface area contributed by atoms with Crippen LogP contribution in [0.2, 0.25) is 10.0 Å². The Balaban J connectivity index is 2.20. The average molecular weight is 316 g/mol. The maximum atomic E-state index is 11.7. The Hall–Kier alpha value is -1.17. The fraction of sp³-hybridized carbons (Fsp3) is 0.167. The lowest BCUT2D eigenvalue weighted by molar-refractivity contribution is 0.0951. The topological polar surface area (TPSA) is 57.8 Å². The summed E-state index contributed by atoms with van der Waals surface area (Å²) in [5.74, 6) is 0.368. The van der Waals surface area contributed by atoms with E-state index in [1.54, 1.807) is 24.3 Å². The highest BCUT2D eigenvalue weighted by molar-refractivity contribution is 7.80. The molecule has 0 unspecified atom stereocenters. The number of halogens is 2. The number of benzene rings is 1. The fourth-order valence-electron chi connectivity index (χ4n) is 1.51. The molecule has 7 heteroatoms. The minimum Gasteiger partial charge on any atom is -0.350 e. The zero-order valence-electron chi connectivity index (χ0n) is 9.78. The van der Waals surface area contributed by atoms with Crippen LogP contribution in [0.1, 0.15) is 10.5 Å². The van der Waals surface area contributed by atoms with Gasteiger partial charge in [-0.15, -0.1) is 0 Å². The van der Waals surface area contributed by atoms with Crippen LogP contribution < -0.4 is 5.32 Å². The van der Waals surface area contributed by atoms with Gasteiger partial charge in [0.25, 0.3) is 5.91 Å². The maximum Gasteiger partial charge on any atom is 0.269 e. The molecule has 4 nitrogen and oxygen atoms in total. The van der Waals surface area contributed by atoms with Gasteiger partial charge in [-0.25, -0.2) is 0 Å². The Bertz CT molecular complexity index is 600. The molecular weight excluding hydrogens is 305 g/mol. The molecule has 2 rings (SSSR count). The van der Waals surface area contributed by atoms with Gasteiger partial charge in [0.05, 0.1) is 15.7 Å². The van der Waals surface area contributed by atoms with Crippen LogP contribution in [-0.4, -0.2) is 28.4 Å². The molecule has 0 saturated carbocycles. The third-order valence-electron chi connectivity index (χ3n) is 2.44. The summed E-state index contributed by atoms with van der Waals surface area (Å²) in [6.07, 6.45) is 0. The lowest BCUT2D eigenvalue weighted by Crippen LogP contribution is -2.25. The van der Waals surface area contributed by atoms with E-state index in [1.807, 2.05) is 0 Å². The van der Waals surface area contributed by atoms with E-state index in [0.717, 1.165) is 5.56 Å². The minimum atomic E-state index is -0.215. The first-order valence-electron chi connectivity index (χ1n) is 5.51. The van der Waals surface area contributed by atoms with Gasteiger partial charge in [-0.3, -0.25) is 9.89 Å². The van der Waals surface area contributed by atoms with Crippen molar-refractivity contribution in [3.8, 4) is 11.3 Å². The molecule has 0 aliphatic carbocycles. The Kier molecular flexibility index (Phi) is 4.74. The van der Waals surface area contributed by atoms with Crippen molar-refractivity contribution >= 4 is 41.7 Å². The van der Waals surface area contributed by atoms with E-state index in [2.05, 4.69) is 28.1 Å². The molecule has 0 aliphatic rings. The Labute approximate surface area is 125 Å². The number of amides is 1. The van der Waals surface area contributed by atoms with Gasteiger partial charge < -0.3 is 5.32 Å². The quantitative estimate of drug-likeness (QED) is 0.759. The van der Waals surface area contributed by atoms with Crippen LogP contribution in [0.15, 0.2) is 24.3 Å². The van der Waals surface area contributed by atoms with Crippen LogP contribution >= 0.6 is 35.8 Å². The lowest BCUT2D eigenvalue weighted by Gasteiger charge is -1.99. The number of aromatic amines is 1. The van der Waals surface area contributed by atoms with Crippen molar-refractivity contribution in [2.24, 2.45) is 0 Å². The van der Waals surface area contributed by atoms with Crippen molar-refractivity contribution in [2.45, 2.75) is 0 Å². The van der Waals surface area contributed by atoms with E-state index in [0.29, 0.717) is 33.7 Å². The molecule has 0 saturated heterocycles. The minimum absolute atomic E-state index is 0.215. The van der Waals surface area contributed by atoms with Crippen LogP contribution in [0.5, 0.6) is 0 Å². The van der Waals surface area contributed by atoms with Gasteiger partial charge in [0.1, 0.15) is 5.69 Å². The third-order valence-corrected chi connectivity index (χ3v) is 3.40. The van der Waals surface area contributed by atoms with Gasteiger partial charge in [0.15, 0.2) is 0 Å². The van der Waals surface area contributed by atoms with Gasteiger partial charge in [-0.1, -0.05) is 29.3 Å². The highest BCUT2D eigenvalue weighted by atomic mass is 35.5. The van der Waals surface area contributed by atoms with E-state index in [-0.39, 0.29) is 5.91 Å². The Morgan fingerprint density at radius 2 is 2.11 bits per heavy atom. The van der Waals surface area contributed by atoms with Gasteiger partial charge in [-0.2, -0.15) is 17.7 Å². The SMILES string of the molecule is O=C(NCCS)c1cc(-c2ccc(Cl)c(Cl)c2)n[nH]1. The molecule has 1 amide bonds. The predicted octanol–water partition coefficient (Wildman–Crippen LogP) is 3.04. The fourth-order valence-corrected chi connectivity index (χ4v) is 1.92. The second-order valence-electron chi connectivity index (χ2n) is 3.78. The van der Waals surface area contributed by atoms with E-state index >= 15 is 0 Å². The second-order valence-corrected chi connectivity index (χ2v) is 5.04. The van der Waals surface area contributed by atoms with Crippen molar-refractivity contribution in [1.82, 2.24) is 15.5 Å². The molecule has 0 bridgehead atoms. The number of hydrogen-bond acceptors (Lipinski definition) is 3. The highest BCUT2D eigenvalue weighted by Crippen LogP contribution is 2.27. The summed E-state index contributed by atoms with van der Waals surface area (Å²) in [5.41, 5.74) is 1.82. The number of hydrogen-bond donors (Lipinski definition) is 3. The van der Waals surface area contributed by atoms with Crippen LogP contribution in [-0.2, 0) is 0 Å². The first kappa shape index (κ1) is 14.2. The van der Waals surface area contributed by atoms with E-state index in [4.69, 9.17) is 23.2 Å². The van der Waals surface area contributed by atoms with Crippen molar-refractivity contribution in [3.63, 3.8) is 0 Å². The van der Waals surface area contributed by atoms with Crippen LogP contribution in [0.25, 0.3) is 11.3 Å². The van der Waals surface area contributed by atoms with E-state index < -0.39 is 0 Å². The third kappa shape index (κ3) is 3.43. The Morgan fingerprint density at radius 3 is 2.79 bits per heavy atom. The van der Waals surface area contributed by atoms with Crippen LogP contribution in [0, 0.1) is 0 Å². The normalized spacial score (nSPS) is 10.5. The highest BCUT2D eigenvalue weighted by Gasteiger charge is 2.11.